The lowest BCUT2D eigenvalue weighted by Crippen LogP contribution is -2.47. The van der Waals surface area contributed by atoms with Gasteiger partial charge in [0, 0.05) is 30.4 Å². The fourth-order valence-electron chi connectivity index (χ4n) is 2.69. The van der Waals surface area contributed by atoms with Crippen molar-refractivity contribution in [3.05, 3.63) is 30.1 Å². The Bertz CT molecular complexity index is 496. The molecule has 0 unspecified atom stereocenters. The normalized spacial score (nSPS) is 19.4. The first-order valence-electron chi connectivity index (χ1n) is 8.15. The summed E-state index contributed by atoms with van der Waals surface area (Å²) in [4.78, 5) is 15.0. The number of hydrogen-bond acceptors (Lipinski definition) is 3. The van der Waals surface area contributed by atoms with Gasteiger partial charge < -0.3 is 15.3 Å². The summed E-state index contributed by atoms with van der Waals surface area (Å²) in [6.07, 6.45) is 2.43. The number of carbonyl (C=O) groups excluding carboxylic acids is 1. The first-order valence-corrected chi connectivity index (χ1v) is 9.14. The maximum Gasteiger partial charge on any atom is 0.317 e. The molecule has 2 amide bonds. The third kappa shape index (κ3) is 6.03. The smallest absolute Gasteiger partial charge is 0.317 e. The number of aliphatic hydroxyl groups is 1. The van der Waals surface area contributed by atoms with Gasteiger partial charge in [-0.1, -0.05) is 0 Å². The van der Waals surface area contributed by atoms with Crippen molar-refractivity contribution in [2.24, 2.45) is 5.92 Å². The second kappa shape index (κ2) is 9.13. The van der Waals surface area contributed by atoms with Crippen molar-refractivity contribution in [3.63, 3.8) is 0 Å². The van der Waals surface area contributed by atoms with E-state index in [0.717, 1.165) is 36.5 Å². The Kier molecular flexibility index (Phi) is 7.17. The van der Waals surface area contributed by atoms with Gasteiger partial charge in [0.25, 0.3) is 0 Å². The van der Waals surface area contributed by atoms with Crippen molar-refractivity contribution < 1.29 is 14.3 Å². The van der Waals surface area contributed by atoms with E-state index in [0.29, 0.717) is 13.1 Å². The topological polar surface area (TPSA) is 52.6 Å². The Hall–Kier alpha value is -1.27. The van der Waals surface area contributed by atoms with Gasteiger partial charge in [0.15, 0.2) is 0 Å². The molecule has 0 radical (unpaired) electrons. The monoisotopic (exact) mass is 340 g/mol. The summed E-state index contributed by atoms with van der Waals surface area (Å²) in [6, 6.07) is 6.41. The maximum absolute atomic E-state index is 12.8. The summed E-state index contributed by atoms with van der Waals surface area (Å²) >= 11 is 1.66. The molecule has 0 spiro atoms. The quantitative estimate of drug-likeness (QED) is 0.618. The highest BCUT2D eigenvalue weighted by molar-refractivity contribution is 7.99. The van der Waals surface area contributed by atoms with Gasteiger partial charge in [-0.05, 0) is 56.2 Å². The van der Waals surface area contributed by atoms with Crippen LogP contribution in [-0.4, -0.2) is 47.5 Å². The standard InChI is InChI=1S/C17H25FN2O2S/c1-13(21)14-4-2-10-20(12-14)17(22)19-9-3-11-23-16-7-5-15(18)6-8-16/h5-8,13-14,21H,2-4,9-12H2,1H3,(H,19,22)/t13-,14+/m0/s1. The van der Waals surface area contributed by atoms with Gasteiger partial charge in [0.05, 0.1) is 6.10 Å². The zero-order valence-corrected chi connectivity index (χ0v) is 14.3. The fourth-order valence-corrected chi connectivity index (χ4v) is 3.54. The Morgan fingerprint density at radius 3 is 2.91 bits per heavy atom. The van der Waals surface area contributed by atoms with Crippen molar-refractivity contribution in [1.82, 2.24) is 10.2 Å². The maximum atomic E-state index is 12.8. The zero-order chi connectivity index (χ0) is 16.7. The van der Waals surface area contributed by atoms with Crippen LogP contribution >= 0.6 is 11.8 Å². The van der Waals surface area contributed by atoms with Crippen LogP contribution in [0.3, 0.4) is 0 Å². The summed E-state index contributed by atoms with van der Waals surface area (Å²) < 4.78 is 12.8. The number of carbonyl (C=O) groups is 1. The molecule has 1 aliphatic heterocycles. The minimum Gasteiger partial charge on any atom is -0.393 e. The summed E-state index contributed by atoms with van der Waals surface area (Å²) in [5.74, 6) is 0.838. The van der Waals surface area contributed by atoms with Gasteiger partial charge in [0.1, 0.15) is 5.82 Å². The Balaban J connectivity index is 1.62. The van der Waals surface area contributed by atoms with Crippen molar-refractivity contribution >= 4 is 17.8 Å². The first kappa shape index (κ1) is 18.1. The van der Waals surface area contributed by atoms with Crippen LogP contribution in [0.5, 0.6) is 0 Å². The number of aliphatic hydroxyl groups excluding tert-OH is 1. The van der Waals surface area contributed by atoms with E-state index in [2.05, 4.69) is 5.32 Å². The number of thioether (sulfide) groups is 1. The minimum absolute atomic E-state index is 0.0397. The molecule has 1 fully saturated rings. The molecule has 2 rings (SSSR count). The molecule has 0 saturated carbocycles. The van der Waals surface area contributed by atoms with Crippen molar-refractivity contribution in [2.75, 3.05) is 25.4 Å². The lowest BCUT2D eigenvalue weighted by molar-refractivity contribution is 0.0740. The molecular formula is C17H25FN2O2S. The summed E-state index contributed by atoms with van der Waals surface area (Å²) in [5.41, 5.74) is 0. The molecule has 4 nitrogen and oxygen atoms in total. The number of halogens is 1. The number of urea groups is 1. The summed E-state index contributed by atoms with van der Waals surface area (Å²) in [7, 11) is 0. The van der Waals surface area contributed by atoms with Gasteiger partial charge in [-0.2, -0.15) is 0 Å². The number of nitrogens with one attached hydrogen (secondary N) is 1. The molecule has 1 saturated heterocycles. The van der Waals surface area contributed by atoms with Crippen LogP contribution < -0.4 is 5.32 Å². The molecule has 1 aliphatic rings. The minimum atomic E-state index is -0.363. The second-order valence-electron chi connectivity index (χ2n) is 5.98. The molecule has 23 heavy (non-hydrogen) atoms. The number of piperidine rings is 1. The van der Waals surface area contributed by atoms with E-state index in [-0.39, 0.29) is 23.9 Å². The van der Waals surface area contributed by atoms with Gasteiger partial charge in [-0.15, -0.1) is 11.8 Å². The van der Waals surface area contributed by atoms with Crippen LogP contribution in [0.4, 0.5) is 9.18 Å². The molecule has 0 aliphatic carbocycles. The third-order valence-corrected chi connectivity index (χ3v) is 5.21. The number of hydrogen-bond donors (Lipinski definition) is 2. The van der Waals surface area contributed by atoms with E-state index < -0.39 is 0 Å². The average Bonchev–Trinajstić information content (AvgIpc) is 2.56. The predicted octanol–water partition coefficient (Wildman–Crippen LogP) is 3.11. The van der Waals surface area contributed by atoms with E-state index in [9.17, 15) is 14.3 Å². The molecule has 1 aromatic carbocycles. The lowest BCUT2D eigenvalue weighted by atomic mass is 9.94. The predicted molar refractivity (Wildman–Crippen MR) is 91.1 cm³/mol. The highest BCUT2D eigenvalue weighted by Crippen LogP contribution is 2.20. The van der Waals surface area contributed by atoms with E-state index in [4.69, 9.17) is 0 Å². The van der Waals surface area contributed by atoms with Gasteiger partial charge >= 0.3 is 6.03 Å². The Morgan fingerprint density at radius 2 is 2.22 bits per heavy atom. The van der Waals surface area contributed by atoms with Crippen LogP contribution in [-0.2, 0) is 0 Å². The second-order valence-corrected chi connectivity index (χ2v) is 7.15. The lowest BCUT2D eigenvalue weighted by Gasteiger charge is -2.34. The average molecular weight is 340 g/mol. The molecular weight excluding hydrogens is 315 g/mol. The molecule has 2 N–H and O–H groups in total. The van der Waals surface area contributed by atoms with Gasteiger partial charge in [-0.3, -0.25) is 0 Å². The zero-order valence-electron chi connectivity index (χ0n) is 13.5. The largest absolute Gasteiger partial charge is 0.393 e. The number of nitrogens with zero attached hydrogens (tertiary/aromatic N) is 1. The number of likely N-dealkylation sites (tertiary alicyclic amines) is 1. The van der Waals surface area contributed by atoms with Crippen molar-refractivity contribution in [1.29, 1.82) is 0 Å². The fraction of sp³-hybridized carbons (Fsp3) is 0.588. The van der Waals surface area contributed by atoms with Crippen molar-refractivity contribution in [2.45, 2.75) is 37.2 Å². The van der Waals surface area contributed by atoms with E-state index in [1.54, 1.807) is 35.7 Å². The van der Waals surface area contributed by atoms with Gasteiger partial charge in [0.2, 0.25) is 0 Å². The third-order valence-electron chi connectivity index (χ3n) is 4.11. The van der Waals surface area contributed by atoms with E-state index in [1.807, 2.05) is 0 Å². The number of amides is 2. The van der Waals surface area contributed by atoms with Crippen LogP contribution in [0.15, 0.2) is 29.2 Å². The van der Waals surface area contributed by atoms with Crippen LogP contribution in [0, 0.1) is 11.7 Å². The molecule has 128 valence electrons. The highest BCUT2D eigenvalue weighted by Gasteiger charge is 2.26. The first-order chi connectivity index (χ1) is 11.1. The number of benzene rings is 1. The van der Waals surface area contributed by atoms with Crippen LogP contribution in [0.2, 0.25) is 0 Å². The Morgan fingerprint density at radius 1 is 1.48 bits per heavy atom. The molecule has 6 heteroatoms. The van der Waals surface area contributed by atoms with Crippen molar-refractivity contribution in [3.8, 4) is 0 Å². The molecule has 1 heterocycles. The summed E-state index contributed by atoms with van der Waals surface area (Å²) in [6.45, 7) is 3.81. The summed E-state index contributed by atoms with van der Waals surface area (Å²) in [5, 5.41) is 12.6. The van der Waals surface area contributed by atoms with E-state index in [1.165, 1.54) is 12.1 Å². The van der Waals surface area contributed by atoms with Gasteiger partial charge in [-0.25, -0.2) is 9.18 Å². The molecule has 1 aromatic rings. The molecule has 0 bridgehead atoms. The Labute approximate surface area is 141 Å². The highest BCUT2D eigenvalue weighted by atomic mass is 32.2. The number of rotatable bonds is 6. The molecule has 2 atom stereocenters. The van der Waals surface area contributed by atoms with Crippen LogP contribution in [0.25, 0.3) is 0 Å². The van der Waals surface area contributed by atoms with E-state index >= 15 is 0 Å². The van der Waals surface area contributed by atoms with Crippen LogP contribution in [0.1, 0.15) is 26.2 Å². The SMILES string of the molecule is C[C@H](O)[C@@H]1CCCN(C(=O)NCCCSc2ccc(F)cc2)C1. The molecule has 0 aromatic heterocycles.